The zero-order valence-electron chi connectivity index (χ0n) is 5.29. The Morgan fingerprint density at radius 1 is 1.56 bits per heavy atom. The van der Waals surface area contributed by atoms with E-state index in [0.29, 0.717) is 0 Å². The molecule has 1 aromatic rings. The number of aromatic nitrogens is 2. The third-order valence-electron chi connectivity index (χ3n) is 0.844. The maximum atomic E-state index is 3.91. The Morgan fingerprint density at radius 3 is 2.67 bits per heavy atom. The van der Waals surface area contributed by atoms with E-state index in [4.69, 9.17) is 0 Å². The Labute approximate surface area is 62.7 Å². The quantitative estimate of drug-likeness (QED) is 0.616. The molecule has 1 heterocycles. The normalized spacial score (nSPS) is 10.0. The molecule has 2 nitrogen and oxygen atoms in total. The molecule has 0 saturated heterocycles. The van der Waals surface area contributed by atoms with Crippen molar-refractivity contribution in [2.75, 3.05) is 6.26 Å². The molecule has 1 rings (SSSR count). The molecule has 9 heavy (non-hydrogen) atoms. The first kappa shape index (κ1) is 7.02. The van der Waals surface area contributed by atoms with Crippen LogP contribution < -0.4 is 0 Å². The maximum absolute atomic E-state index is 3.91. The highest BCUT2D eigenvalue weighted by Crippen LogP contribution is 2.19. The maximum Gasteiger partial charge on any atom is 0.174 e. The summed E-state index contributed by atoms with van der Waals surface area (Å²) in [4.78, 5) is 0. The van der Waals surface area contributed by atoms with Crippen molar-refractivity contribution >= 4 is 23.1 Å². The number of thioether (sulfide) groups is 1. The largest absolute Gasteiger partial charge is 0.174 e. The molecule has 0 aliphatic carbocycles. The molecule has 0 atom stereocenters. The third kappa shape index (κ3) is 1.66. The molecule has 49 valence electrons. The zero-order chi connectivity index (χ0) is 6.69. The van der Waals surface area contributed by atoms with Crippen molar-refractivity contribution in [3.63, 3.8) is 0 Å². The number of nitrogens with zero attached hydrogens (tertiary/aromatic N) is 2. The van der Waals surface area contributed by atoms with Gasteiger partial charge in [-0.1, -0.05) is 30.0 Å². The molecule has 0 aliphatic heterocycles. The molecule has 0 bridgehead atoms. The molecular formula is C5H7N2S2. The highest BCUT2D eigenvalue weighted by molar-refractivity contribution is 8.00. The minimum atomic E-state index is 0.999. The van der Waals surface area contributed by atoms with Gasteiger partial charge < -0.3 is 0 Å². The van der Waals surface area contributed by atoms with Gasteiger partial charge in [0.15, 0.2) is 4.34 Å². The summed E-state index contributed by atoms with van der Waals surface area (Å²) in [6.45, 7) is 1.96. The summed E-state index contributed by atoms with van der Waals surface area (Å²) in [6.07, 6.45) is 3.96. The topological polar surface area (TPSA) is 25.8 Å². The van der Waals surface area contributed by atoms with E-state index in [1.54, 1.807) is 23.1 Å². The van der Waals surface area contributed by atoms with E-state index in [-0.39, 0.29) is 0 Å². The summed E-state index contributed by atoms with van der Waals surface area (Å²) in [5.74, 6) is 0. The molecule has 0 unspecified atom stereocenters. The van der Waals surface area contributed by atoms with Gasteiger partial charge in [-0.15, -0.1) is 10.2 Å². The van der Waals surface area contributed by atoms with Crippen molar-refractivity contribution in [1.82, 2.24) is 10.2 Å². The van der Waals surface area contributed by atoms with Crippen LogP contribution in [-0.2, 0) is 0 Å². The Morgan fingerprint density at radius 2 is 2.33 bits per heavy atom. The lowest BCUT2D eigenvalue weighted by molar-refractivity contribution is 0.988. The van der Waals surface area contributed by atoms with E-state index in [0.717, 1.165) is 9.35 Å². The first-order chi connectivity index (χ1) is 4.36. The summed E-state index contributed by atoms with van der Waals surface area (Å²) in [6, 6.07) is 0. The summed E-state index contributed by atoms with van der Waals surface area (Å²) in [7, 11) is 0. The molecular weight excluding hydrogens is 152 g/mol. The summed E-state index contributed by atoms with van der Waals surface area (Å²) in [5.41, 5.74) is 0. The second kappa shape index (κ2) is 3.17. The fourth-order valence-corrected chi connectivity index (χ4v) is 1.59. The Bertz CT molecular complexity index is 166. The Hall–Kier alpha value is -0.0900. The van der Waals surface area contributed by atoms with Crippen LogP contribution in [0.25, 0.3) is 0 Å². The lowest BCUT2D eigenvalue weighted by Gasteiger charge is -1.78. The summed E-state index contributed by atoms with van der Waals surface area (Å²) >= 11 is 3.25. The van der Waals surface area contributed by atoms with Crippen molar-refractivity contribution < 1.29 is 0 Å². The van der Waals surface area contributed by atoms with Gasteiger partial charge in [-0.25, -0.2) is 0 Å². The Balaban J connectivity index is 2.74. The number of hydrogen-bond donors (Lipinski definition) is 0. The van der Waals surface area contributed by atoms with Gasteiger partial charge in [0, 0.05) is 6.42 Å². The van der Waals surface area contributed by atoms with Gasteiger partial charge in [0.2, 0.25) is 0 Å². The number of rotatable bonds is 2. The van der Waals surface area contributed by atoms with Gasteiger partial charge in [-0.2, -0.15) is 0 Å². The molecule has 1 radical (unpaired) electrons. The van der Waals surface area contributed by atoms with E-state index in [1.165, 1.54) is 0 Å². The van der Waals surface area contributed by atoms with Crippen LogP contribution in [0.2, 0.25) is 0 Å². The first-order valence-electron chi connectivity index (χ1n) is 2.53. The third-order valence-corrected chi connectivity index (χ3v) is 2.81. The SMILES string of the molecule is C[CH]c1nnc(SC)s1. The summed E-state index contributed by atoms with van der Waals surface area (Å²) in [5, 5.41) is 8.80. The van der Waals surface area contributed by atoms with E-state index >= 15 is 0 Å². The van der Waals surface area contributed by atoms with E-state index < -0.39 is 0 Å². The average Bonchev–Trinajstić information content (AvgIpc) is 2.34. The van der Waals surface area contributed by atoms with Gasteiger partial charge in [-0.05, 0) is 6.26 Å². The standard InChI is InChI=1S/C5H7N2S2/c1-3-4-6-7-5(8-2)9-4/h3H,1-2H3. The van der Waals surface area contributed by atoms with Gasteiger partial charge in [-0.3, -0.25) is 0 Å². The van der Waals surface area contributed by atoms with E-state index in [2.05, 4.69) is 10.2 Å². The smallest absolute Gasteiger partial charge is 0.142 e. The minimum Gasteiger partial charge on any atom is -0.142 e. The van der Waals surface area contributed by atoms with Gasteiger partial charge in [0.25, 0.3) is 0 Å². The molecule has 0 fully saturated rings. The minimum absolute atomic E-state index is 0.999. The van der Waals surface area contributed by atoms with Crippen LogP contribution in [0.5, 0.6) is 0 Å². The van der Waals surface area contributed by atoms with Crippen molar-refractivity contribution in [2.45, 2.75) is 11.3 Å². The Kier molecular flexibility index (Phi) is 2.48. The fraction of sp³-hybridized carbons (Fsp3) is 0.400. The fourth-order valence-electron chi connectivity index (χ4n) is 0.420. The lowest BCUT2D eigenvalue weighted by atomic mass is 10.5. The molecule has 0 aromatic carbocycles. The predicted octanol–water partition coefficient (Wildman–Crippen LogP) is 1.83. The van der Waals surface area contributed by atoms with Crippen molar-refractivity contribution in [3.05, 3.63) is 11.4 Å². The zero-order valence-corrected chi connectivity index (χ0v) is 6.92. The highest BCUT2D eigenvalue weighted by atomic mass is 32.2. The van der Waals surface area contributed by atoms with Crippen molar-refractivity contribution in [3.8, 4) is 0 Å². The molecule has 0 spiro atoms. The average molecular weight is 159 g/mol. The first-order valence-corrected chi connectivity index (χ1v) is 4.58. The van der Waals surface area contributed by atoms with Crippen LogP contribution in [0.3, 0.4) is 0 Å². The van der Waals surface area contributed by atoms with Crippen LogP contribution in [0.1, 0.15) is 11.9 Å². The molecule has 1 aromatic heterocycles. The molecule has 4 heteroatoms. The van der Waals surface area contributed by atoms with Crippen LogP contribution >= 0.6 is 23.1 Å². The predicted molar refractivity (Wildman–Crippen MR) is 40.8 cm³/mol. The van der Waals surface area contributed by atoms with Crippen LogP contribution in [-0.4, -0.2) is 16.5 Å². The molecule has 0 aliphatic rings. The van der Waals surface area contributed by atoms with E-state index in [1.807, 2.05) is 19.6 Å². The van der Waals surface area contributed by atoms with Gasteiger partial charge in [0.05, 0.1) is 0 Å². The molecule has 0 N–H and O–H groups in total. The second-order valence-corrected chi connectivity index (χ2v) is 3.46. The van der Waals surface area contributed by atoms with Crippen LogP contribution in [0.15, 0.2) is 4.34 Å². The van der Waals surface area contributed by atoms with Crippen LogP contribution in [0.4, 0.5) is 0 Å². The molecule has 0 saturated carbocycles. The van der Waals surface area contributed by atoms with Crippen molar-refractivity contribution in [1.29, 1.82) is 0 Å². The van der Waals surface area contributed by atoms with Gasteiger partial charge >= 0.3 is 0 Å². The molecule has 0 amide bonds. The number of hydrogen-bond acceptors (Lipinski definition) is 4. The lowest BCUT2D eigenvalue weighted by Crippen LogP contribution is -1.72. The summed E-state index contributed by atoms with van der Waals surface area (Å²) < 4.78 is 1.03. The highest BCUT2D eigenvalue weighted by Gasteiger charge is 1.98. The monoisotopic (exact) mass is 159 g/mol. The van der Waals surface area contributed by atoms with Gasteiger partial charge in [0.1, 0.15) is 5.01 Å². The van der Waals surface area contributed by atoms with E-state index in [9.17, 15) is 0 Å². The second-order valence-electron chi connectivity index (χ2n) is 1.40. The van der Waals surface area contributed by atoms with Crippen molar-refractivity contribution in [2.24, 2.45) is 0 Å². The van der Waals surface area contributed by atoms with Crippen LogP contribution in [0, 0.1) is 6.42 Å².